The summed E-state index contributed by atoms with van der Waals surface area (Å²) in [7, 11) is 0. The van der Waals surface area contributed by atoms with Crippen LogP contribution in [0.15, 0.2) is 34.8 Å². The van der Waals surface area contributed by atoms with E-state index in [0.717, 1.165) is 0 Å². The maximum absolute atomic E-state index is 11.2. The molecule has 1 aromatic heterocycles. The van der Waals surface area contributed by atoms with Crippen LogP contribution in [0.3, 0.4) is 0 Å². The van der Waals surface area contributed by atoms with E-state index in [4.69, 9.17) is 22.6 Å². The van der Waals surface area contributed by atoms with Gasteiger partial charge in [-0.2, -0.15) is 9.83 Å². The Kier molecular flexibility index (Phi) is 6.93. The Labute approximate surface area is 122 Å². The molecule has 4 nitrogen and oxygen atoms in total. The fourth-order valence-electron chi connectivity index (χ4n) is 1.29. The van der Waals surface area contributed by atoms with Crippen molar-refractivity contribution in [3.05, 3.63) is 34.8 Å². The monoisotopic (exact) mass is 294 g/mol. The van der Waals surface area contributed by atoms with Crippen LogP contribution in [0.2, 0.25) is 0 Å². The number of nitriles is 1. The van der Waals surface area contributed by atoms with Crippen molar-refractivity contribution in [1.82, 2.24) is 0 Å². The van der Waals surface area contributed by atoms with Crippen molar-refractivity contribution in [2.45, 2.75) is 13.3 Å². The molecule has 1 aromatic rings. The number of carbonyl (C=O) groups excluding carboxylic acids is 1. The predicted octanol–water partition coefficient (Wildman–Crippen LogP) is 1.86. The minimum Gasteiger partial charge on any atom is -0.766 e. The average molecular weight is 294 g/mol. The number of esters is 1. The van der Waals surface area contributed by atoms with Crippen LogP contribution in [-0.2, 0) is 22.2 Å². The van der Waals surface area contributed by atoms with E-state index in [1.165, 1.54) is 11.8 Å². The molecule has 0 spiro atoms. The maximum atomic E-state index is 11.2. The summed E-state index contributed by atoms with van der Waals surface area (Å²) < 4.78 is 6.96. The molecule has 0 aromatic carbocycles. The number of ether oxygens (including phenoxy) is 1. The Morgan fingerprint density at radius 1 is 1.42 bits per heavy atom. The normalized spacial score (nSPS) is 11.4. The van der Waals surface area contributed by atoms with Crippen LogP contribution in [0.4, 0.5) is 0 Å². The van der Waals surface area contributed by atoms with E-state index in [0.29, 0.717) is 22.3 Å². The lowest BCUT2D eigenvalue weighted by atomic mass is 10.4. The number of pyridine rings is 1. The Balaban J connectivity index is 2.63. The van der Waals surface area contributed by atoms with Crippen molar-refractivity contribution in [3.63, 3.8) is 0 Å². The highest BCUT2D eigenvalue weighted by atomic mass is 32.2. The molecule has 100 valence electrons. The summed E-state index contributed by atoms with van der Waals surface area (Å²) in [6.45, 7) is 2.15. The molecule has 0 aliphatic heterocycles. The number of hydrogen-bond acceptors (Lipinski definition) is 5. The van der Waals surface area contributed by atoms with Gasteiger partial charge in [0.05, 0.1) is 13.0 Å². The van der Waals surface area contributed by atoms with Crippen molar-refractivity contribution >= 4 is 36.1 Å². The summed E-state index contributed by atoms with van der Waals surface area (Å²) in [6.07, 6.45) is 3.81. The average Bonchev–Trinajstić information content (AvgIpc) is 2.41. The van der Waals surface area contributed by atoms with E-state index in [2.05, 4.69) is 6.07 Å². The molecule has 0 fully saturated rings. The second-order valence-corrected chi connectivity index (χ2v) is 5.21. The molecule has 0 saturated heterocycles. The molecule has 0 atom stereocenters. The highest BCUT2D eigenvalue weighted by Gasteiger charge is 2.09. The van der Waals surface area contributed by atoms with Crippen molar-refractivity contribution in [2.75, 3.05) is 12.4 Å². The first-order chi connectivity index (χ1) is 9.19. The first kappa shape index (κ1) is 15.5. The lowest BCUT2D eigenvalue weighted by Crippen LogP contribution is -2.31. The summed E-state index contributed by atoms with van der Waals surface area (Å²) in [5.74, 6) is 0.264. The SMILES string of the molecule is CCOC(=O)CCSC([S-])=C(C#N)[n+]1ccccc1. The fourth-order valence-corrected chi connectivity index (χ4v) is 2.43. The third-order valence-corrected chi connectivity index (χ3v) is 3.53. The van der Waals surface area contributed by atoms with E-state index in [1.807, 2.05) is 18.2 Å². The first-order valence-electron chi connectivity index (χ1n) is 5.75. The highest BCUT2D eigenvalue weighted by molar-refractivity contribution is 8.11. The Morgan fingerprint density at radius 3 is 2.68 bits per heavy atom. The van der Waals surface area contributed by atoms with E-state index in [9.17, 15) is 4.79 Å². The van der Waals surface area contributed by atoms with E-state index in [-0.39, 0.29) is 12.4 Å². The van der Waals surface area contributed by atoms with Gasteiger partial charge >= 0.3 is 5.97 Å². The lowest BCUT2D eigenvalue weighted by Gasteiger charge is -2.10. The van der Waals surface area contributed by atoms with Gasteiger partial charge in [0.25, 0.3) is 5.70 Å². The van der Waals surface area contributed by atoms with Gasteiger partial charge in [-0.1, -0.05) is 10.3 Å². The summed E-state index contributed by atoms with van der Waals surface area (Å²) in [5.41, 5.74) is 0.393. The minimum absolute atomic E-state index is 0.247. The zero-order valence-electron chi connectivity index (χ0n) is 10.5. The standard InChI is InChI=1S/C13H14N2O2S2/c1-2-17-12(16)6-9-19-13(18)11(10-14)15-7-4-3-5-8-15/h3-5,7-8H,2,6,9H2,1H3. The summed E-state index contributed by atoms with van der Waals surface area (Å²) >= 11 is 6.51. The van der Waals surface area contributed by atoms with Crippen LogP contribution in [0.1, 0.15) is 13.3 Å². The van der Waals surface area contributed by atoms with Gasteiger partial charge in [0.1, 0.15) is 0 Å². The number of hydrogen-bond donors (Lipinski definition) is 0. The zero-order chi connectivity index (χ0) is 14.1. The van der Waals surface area contributed by atoms with Crippen LogP contribution in [-0.4, -0.2) is 18.3 Å². The summed E-state index contributed by atoms with van der Waals surface area (Å²) in [5, 5.41) is 9.14. The van der Waals surface area contributed by atoms with Crippen LogP contribution < -0.4 is 4.57 Å². The Morgan fingerprint density at radius 2 is 2.11 bits per heavy atom. The van der Waals surface area contributed by atoms with Crippen molar-refractivity contribution < 1.29 is 14.1 Å². The molecule has 0 saturated carbocycles. The molecule has 0 radical (unpaired) electrons. The second-order valence-electron chi connectivity index (χ2n) is 3.43. The van der Waals surface area contributed by atoms with Crippen molar-refractivity contribution in [1.29, 1.82) is 5.26 Å². The molecular formula is C13H14N2O2S2. The number of allylic oxidation sites excluding steroid dienone is 1. The molecule has 0 N–H and O–H groups in total. The van der Waals surface area contributed by atoms with Gasteiger partial charge in [0.15, 0.2) is 18.5 Å². The maximum Gasteiger partial charge on any atom is 0.306 e. The van der Waals surface area contributed by atoms with Gasteiger partial charge in [-0.3, -0.25) is 4.79 Å². The molecular weight excluding hydrogens is 280 g/mol. The molecule has 1 rings (SSSR count). The van der Waals surface area contributed by atoms with E-state index in [1.54, 1.807) is 23.9 Å². The van der Waals surface area contributed by atoms with Crippen molar-refractivity contribution in [2.24, 2.45) is 0 Å². The quantitative estimate of drug-likeness (QED) is 0.347. The topological polar surface area (TPSA) is 54.0 Å². The number of thioether (sulfide) groups is 1. The third-order valence-electron chi connectivity index (χ3n) is 2.12. The Bertz CT molecular complexity index is 495. The van der Waals surface area contributed by atoms with Gasteiger partial charge < -0.3 is 17.4 Å². The number of carbonyl (C=O) groups is 1. The van der Waals surface area contributed by atoms with Crippen LogP contribution >= 0.6 is 11.8 Å². The van der Waals surface area contributed by atoms with Crippen LogP contribution in [0, 0.1) is 11.3 Å². The first-order valence-corrected chi connectivity index (χ1v) is 7.15. The molecule has 0 bridgehead atoms. The predicted molar refractivity (Wildman–Crippen MR) is 76.5 cm³/mol. The summed E-state index contributed by atoms with van der Waals surface area (Å²) in [6, 6.07) is 7.59. The van der Waals surface area contributed by atoms with E-state index >= 15 is 0 Å². The number of aromatic nitrogens is 1. The second kappa shape index (κ2) is 8.51. The smallest absolute Gasteiger partial charge is 0.306 e. The molecule has 0 aliphatic carbocycles. The Hall–Kier alpha value is -1.58. The molecule has 19 heavy (non-hydrogen) atoms. The fraction of sp³-hybridized carbons (Fsp3) is 0.308. The van der Waals surface area contributed by atoms with Gasteiger partial charge in [0.2, 0.25) is 0 Å². The third kappa shape index (κ3) is 5.28. The molecule has 0 aliphatic rings. The van der Waals surface area contributed by atoms with Gasteiger partial charge in [-0.25, -0.2) is 0 Å². The summed E-state index contributed by atoms with van der Waals surface area (Å²) in [4.78, 5) is 11.2. The number of nitrogens with zero attached hydrogens (tertiary/aromatic N) is 2. The molecule has 1 heterocycles. The molecule has 0 unspecified atom stereocenters. The van der Waals surface area contributed by atoms with Crippen molar-refractivity contribution in [3.8, 4) is 6.07 Å². The number of rotatable bonds is 6. The van der Waals surface area contributed by atoms with E-state index < -0.39 is 0 Å². The van der Waals surface area contributed by atoms with Gasteiger partial charge in [-0.05, 0) is 6.92 Å². The van der Waals surface area contributed by atoms with Gasteiger partial charge in [-0.15, -0.1) is 11.8 Å². The molecule has 6 heteroatoms. The zero-order valence-corrected chi connectivity index (χ0v) is 12.2. The highest BCUT2D eigenvalue weighted by Crippen LogP contribution is 2.19. The molecule has 0 amide bonds. The largest absolute Gasteiger partial charge is 0.766 e. The van der Waals surface area contributed by atoms with Gasteiger partial charge in [0, 0.05) is 17.9 Å². The van der Waals surface area contributed by atoms with Crippen LogP contribution in [0.5, 0.6) is 0 Å². The minimum atomic E-state index is -0.247. The van der Waals surface area contributed by atoms with Crippen LogP contribution in [0.25, 0.3) is 5.70 Å². The lowest BCUT2D eigenvalue weighted by molar-refractivity contribution is -0.577.